The maximum atomic E-state index is 10.2. The predicted molar refractivity (Wildman–Crippen MR) is 93.1 cm³/mol. The van der Waals surface area contributed by atoms with Gasteiger partial charge in [-0.1, -0.05) is 32.9 Å². The first kappa shape index (κ1) is 18.2. The maximum Gasteiger partial charge on any atom is 0.122 e. The summed E-state index contributed by atoms with van der Waals surface area (Å²) in [7, 11) is 0. The monoisotopic (exact) mass is 321 g/mol. The minimum Gasteiger partial charge on any atom is -0.491 e. The summed E-state index contributed by atoms with van der Waals surface area (Å²) in [5.74, 6) is 0.829. The highest BCUT2D eigenvalue weighted by atomic mass is 16.5. The van der Waals surface area contributed by atoms with Gasteiger partial charge < -0.3 is 14.9 Å². The van der Waals surface area contributed by atoms with E-state index >= 15 is 0 Å². The Labute approximate surface area is 140 Å². The molecule has 1 aromatic rings. The highest BCUT2D eigenvalue weighted by Crippen LogP contribution is 2.27. The summed E-state index contributed by atoms with van der Waals surface area (Å²) in [6.45, 7) is 11.0. The van der Waals surface area contributed by atoms with Gasteiger partial charge in [0.15, 0.2) is 0 Å². The van der Waals surface area contributed by atoms with Crippen LogP contribution in [0.4, 0.5) is 0 Å². The van der Waals surface area contributed by atoms with Crippen molar-refractivity contribution < 1.29 is 14.9 Å². The number of likely N-dealkylation sites (tertiary alicyclic amines) is 1. The van der Waals surface area contributed by atoms with Crippen LogP contribution in [0.1, 0.15) is 44.7 Å². The van der Waals surface area contributed by atoms with Gasteiger partial charge in [-0.05, 0) is 48.9 Å². The zero-order chi connectivity index (χ0) is 17.0. The molecular formula is C19H31NO3. The lowest BCUT2D eigenvalue weighted by atomic mass is 9.86. The van der Waals surface area contributed by atoms with Crippen LogP contribution in [0.15, 0.2) is 18.2 Å². The molecule has 0 spiro atoms. The van der Waals surface area contributed by atoms with Crippen molar-refractivity contribution in [1.82, 2.24) is 4.90 Å². The third-order valence-corrected chi connectivity index (χ3v) is 4.42. The van der Waals surface area contributed by atoms with Gasteiger partial charge in [0.2, 0.25) is 0 Å². The van der Waals surface area contributed by atoms with E-state index < -0.39 is 6.10 Å². The Bertz CT molecular complexity index is 510. The lowest BCUT2D eigenvalue weighted by Crippen LogP contribution is -2.43. The first-order valence-electron chi connectivity index (χ1n) is 8.58. The van der Waals surface area contributed by atoms with E-state index in [1.807, 2.05) is 13.0 Å². The molecule has 23 heavy (non-hydrogen) atoms. The second kappa shape index (κ2) is 7.65. The highest BCUT2D eigenvalue weighted by Gasteiger charge is 2.20. The molecule has 1 saturated heterocycles. The van der Waals surface area contributed by atoms with Gasteiger partial charge >= 0.3 is 0 Å². The van der Waals surface area contributed by atoms with Crippen molar-refractivity contribution in [2.45, 2.75) is 58.2 Å². The molecule has 0 amide bonds. The minimum atomic E-state index is -0.540. The van der Waals surface area contributed by atoms with Crippen LogP contribution in [0.5, 0.6) is 5.75 Å². The van der Waals surface area contributed by atoms with Gasteiger partial charge in [-0.25, -0.2) is 0 Å². The van der Waals surface area contributed by atoms with Crippen LogP contribution in [0.3, 0.4) is 0 Å². The molecule has 1 fully saturated rings. The number of aliphatic hydroxyl groups is 2. The Kier molecular flexibility index (Phi) is 6.06. The number of aliphatic hydroxyl groups excluding tert-OH is 2. The Hall–Kier alpha value is -1.10. The van der Waals surface area contributed by atoms with E-state index in [0.717, 1.165) is 30.7 Å². The van der Waals surface area contributed by atoms with E-state index in [9.17, 15) is 10.2 Å². The number of ether oxygens (including phenoxy) is 1. The molecule has 2 atom stereocenters. The molecule has 0 bridgehead atoms. The molecule has 4 nitrogen and oxygen atoms in total. The van der Waals surface area contributed by atoms with Gasteiger partial charge in [-0.2, -0.15) is 0 Å². The quantitative estimate of drug-likeness (QED) is 0.875. The number of nitrogens with zero attached hydrogens (tertiary/aromatic N) is 1. The second-order valence-electron chi connectivity index (χ2n) is 7.75. The molecule has 0 aliphatic carbocycles. The standard InChI is InChI=1S/C19H31NO3/c1-14-10-15(19(2,3)4)7-8-18(14)23-13-17(22)12-20-9-5-6-16(21)11-20/h7-8,10,16-17,21-22H,5-6,9,11-13H2,1-4H3/t16-,17+/m1/s1. The smallest absolute Gasteiger partial charge is 0.122 e. The number of benzene rings is 1. The molecule has 1 heterocycles. The van der Waals surface area contributed by atoms with Gasteiger partial charge in [0.05, 0.1) is 6.10 Å². The van der Waals surface area contributed by atoms with Gasteiger partial charge in [0.1, 0.15) is 18.5 Å². The molecule has 2 N–H and O–H groups in total. The molecule has 1 aromatic carbocycles. The molecule has 1 aliphatic rings. The average Bonchev–Trinajstić information content (AvgIpc) is 2.45. The number of hydrogen-bond acceptors (Lipinski definition) is 4. The summed E-state index contributed by atoms with van der Waals surface area (Å²) < 4.78 is 5.80. The van der Waals surface area contributed by atoms with Crippen molar-refractivity contribution in [3.63, 3.8) is 0 Å². The third kappa shape index (κ3) is 5.48. The molecule has 130 valence electrons. The fourth-order valence-corrected chi connectivity index (χ4v) is 3.01. The van der Waals surface area contributed by atoms with Crippen LogP contribution >= 0.6 is 0 Å². The lowest BCUT2D eigenvalue weighted by molar-refractivity contribution is 0.0242. The zero-order valence-corrected chi connectivity index (χ0v) is 14.9. The van der Waals surface area contributed by atoms with Gasteiger partial charge in [-0.3, -0.25) is 4.90 Å². The van der Waals surface area contributed by atoms with Gasteiger partial charge in [0.25, 0.3) is 0 Å². The molecular weight excluding hydrogens is 290 g/mol. The number of rotatable bonds is 5. The van der Waals surface area contributed by atoms with Crippen molar-refractivity contribution in [2.75, 3.05) is 26.2 Å². The van der Waals surface area contributed by atoms with Crippen LogP contribution in [-0.2, 0) is 5.41 Å². The molecule has 0 saturated carbocycles. The van der Waals surface area contributed by atoms with E-state index in [1.165, 1.54) is 5.56 Å². The number of hydrogen-bond donors (Lipinski definition) is 2. The fourth-order valence-electron chi connectivity index (χ4n) is 3.01. The maximum absolute atomic E-state index is 10.2. The minimum absolute atomic E-state index is 0.123. The number of piperidine rings is 1. The Morgan fingerprint density at radius 2 is 2.09 bits per heavy atom. The number of β-amino-alcohol motifs (C(OH)–C–C–N with tert-alkyl or cyclic N) is 2. The summed E-state index contributed by atoms with van der Waals surface area (Å²) in [5.41, 5.74) is 2.50. The number of aryl methyl sites for hydroxylation is 1. The average molecular weight is 321 g/mol. The van der Waals surface area contributed by atoms with Gasteiger partial charge in [-0.15, -0.1) is 0 Å². The molecule has 1 aliphatic heterocycles. The topological polar surface area (TPSA) is 52.9 Å². The fraction of sp³-hybridized carbons (Fsp3) is 0.684. The van der Waals surface area contributed by atoms with E-state index in [-0.39, 0.29) is 18.1 Å². The Balaban J connectivity index is 1.85. The van der Waals surface area contributed by atoms with Gasteiger partial charge in [0, 0.05) is 13.1 Å². The van der Waals surface area contributed by atoms with Crippen LogP contribution in [0, 0.1) is 6.92 Å². The summed E-state index contributed by atoms with van der Waals surface area (Å²) >= 11 is 0. The van der Waals surface area contributed by atoms with Crippen molar-refractivity contribution >= 4 is 0 Å². The van der Waals surface area contributed by atoms with E-state index in [0.29, 0.717) is 13.1 Å². The largest absolute Gasteiger partial charge is 0.491 e. The van der Waals surface area contributed by atoms with Crippen LogP contribution in [-0.4, -0.2) is 53.6 Å². The third-order valence-electron chi connectivity index (χ3n) is 4.42. The van der Waals surface area contributed by atoms with Crippen molar-refractivity contribution in [3.8, 4) is 5.75 Å². The second-order valence-corrected chi connectivity index (χ2v) is 7.75. The molecule has 0 radical (unpaired) electrons. The summed E-state index contributed by atoms with van der Waals surface area (Å²) in [5, 5.41) is 19.8. The summed E-state index contributed by atoms with van der Waals surface area (Å²) in [4.78, 5) is 2.11. The zero-order valence-electron chi connectivity index (χ0n) is 14.9. The van der Waals surface area contributed by atoms with Crippen molar-refractivity contribution in [3.05, 3.63) is 29.3 Å². The summed E-state index contributed by atoms with van der Waals surface area (Å²) in [6, 6.07) is 6.24. The van der Waals surface area contributed by atoms with Crippen molar-refractivity contribution in [2.24, 2.45) is 0 Å². The van der Waals surface area contributed by atoms with Crippen LogP contribution in [0.25, 0.3) is 0 Å². The highest BCUT2D eigenvalue weighted by molar-refractivity contribution is 5.38. The normalized spacial score (nSPS) is 21.2. The molecule has 4 heteroatoms. The van der Waals surface area contributed by atoms with Crippen LogP contribution in [0.2, 0.25) is 0 Å². The first-order valence-corrected chi connectivity index (χ1v) is 8.58. The molecule has 0 aromatic heterocycles. The van der Waals surface area contributed by atoms with Crippen LogP contribution < -0.4 is 4.74 Å². The van der Waals surface area contributed by atoms with E-state index in [2.05, 4.69) is 37.8 Å². The molecule has 0 unspecified atom stereocenters. The summed E-state index contributed by atoms with van der Waals surface area (Å²) in [6.07, 6.45) is 1.05. The lowest BCUT2D eigenvalue weighted by Gasteiger charge is -2.31. The van der Waals surface area contributed by atoms with E-state index in [1.54, 1.807) is 0 Å². The Morgan fingerprint density at radius 3 is 2.70 bits per heavy atom. The first-order chi connectivity index (χ1) is 10.8. The predicted octanol–water partition coefficient (Wildman–Crippen LogP) is 2.49. The van der Waals surface area contributed by atoms with E-state index in [4.69, 9.17) is 4.74 Å². The molecule has 2 rings (SSSR count). The SMILES string of the molecule is Cc1cc(C(C)(C)C)ccc1OC[C@@H](O)CN1CCC[C@@H](O)C1. The van der Waals surface area contributed by atoms with Crippen molar-refractivity contribution in [1.29, 1.82) is 0 Å². The Morgan fingerprint density at radius 1 is 1.35 bits per heavy atom.